The summed E-state index contributed by atoms with van der Waals surface area (Å²) in [5.41, 5.74) is 5.80. The van der Waals surface area contributed by atoms with Crippen LogP contribution < -0.4 is 11.1 Å². The molecule has 0 aliphatic heterocycles. The van der Waals surface area contributed by atoms with Crippen molar-refractivity contribution in [2.75, 3.05) is 26.2 Å². The summed E-state index contributed by atoms with van der Waals surface area (Å²) in [4.78, 5) is 2.48. The van der Waals surface area contributed by atoms with Crippen molar-refractivity contribution in [3.05, 3.63) is 0 Å². The van der Waals surface area contributed by atoms with Crippen molar-refractivity contribution in [2.45, 2.75) is 52.1 Å². The van der Waals surface area contributed by atoms with Crippen LogP contribution in [0.5, 0.6) is 0 Å². The van der Waals surface area contributed by atoms with Crippen LogP contribution >= 0.6 is 0 Å². The Hall–Kier alpha value is -0.120. The van der Waals surface area contributed by atoms with Gasteiger partial charge in [-0.1, -0.05) is 20.3 Å². The lowest BCUT2D eigenvalue weighted by Crippen LogP contribution is -2.46. The second-order valence-corrected chi connectivity index (χ2v) is 5.09. The molecule has 96 valence electrons. The Morgan fingerprint density at radius 1 is 1.31 bits per heavy atom. The van der Waals surface area contributed by atoms with Gasteiger partial charge in [0.05, 0.1) is 0 Å². The highest BCUT2D eigenvalue weighted by Gasteiger charge is 2.26. The number of hydrogen-bond acceptors (Lipinski definition) is 3. The van der Waals surface area contributed by atoms with Crippen LogP contribution in [0.25, 0.3) is 0 Å². The van der Waals surface area contributed by atoms with E-state index in [9.17, 15) is 0 Å². The van der Waals surface area contributed by atoms with Gasteiger partial charge in [0.25, 0.3) is 0 Å². The largest absolute Gasteiger partial charge is 0.330 e. The van der Waals surface area contributed by atoms with Gasteiger partial charge < -0.3 is 16.0 Å². The predicted molar refractivity (Wildman–Crippen MR) is 70.6 cm³/mol. The molecular formula is C13H29N3. The van der Waals surface area contributed by atoms with Gasteiger partial charge >= 0.3 is 0 Å². The van der Waals surface area contributed by atoms with E-state index in [1.165, 1.54) is 19.3 Å². The van der Waals surface area contributed by atoms with Gasteiger partial charge in [0.2, 0.25) is 0 Å². The van der Waals surface area contributed by atoms with Crippen LogP contribution in [0.1, 0.15) is 40.0 Å². The van der Waals surface area contributed by atoms with E-state index in [1.54, 1.807) is 0 Å². The molecule has 0 aromatic rings. The van der Waals surface area contributed by atoms with Crippen LogP contribution in [0.2, 0.25) is 0 Å². The Morgan fingerprint density at radius 2 is 2.00 bits per heavy atom. The average Bonchev–Trinajstić information content (AvgIpc) is 2.73. The Bertz CT molecular complexity index is 180. The van der Waals surface area contributed by atoms with E-state index in [4.69, 9.17) is 5.73 Å². The molecule has 16 heavy (non-hydrogen) atoms. The smallest absolute Gasteiger partial charge is 0.0169 e. The number of nitrogens with zero attached hydrogens (tertiary/aromatic N) is 1. The van der Waals surface area contributed by atoms with Gasteiger partial charge in [-0.25, -0.2) is 0 Å². The third-order valence-corrected chi connectivity index (χ3v) is 3.89. The van der Waals surface area contributed by atoms with Gasteiger partial charge in [-0.15, -0.1) is 0 Å². The van der Waals surface area contributed by atoms with Crippen LogP contribution in [0.15, 0.2) is 0 Å². The monoisotopic (exact) mass is 227 g/mol. The number of rotatable bonds is 7. The minimum absolute atomic E-state index is 0.581. The highest BCUT2D eigenvalue weighted by molar-refractivity contribution is 4.85. The topological polar surface area (TPSA) is 41.3 Å². The molecule has 1 rings (SSSR count). The Kier molecular flexibility index (Phi) is 6.32. The summed E-state index contributed by atoms with van der Waals surface area (Å²) in [5.74, 6) is 0.708. The first-order chi connectivity index (χ1) is 7.71. The molecule has 1 aliphatic carbocycles. The molecule has 3 atom stereocenters. The number of likely N-dealkylation sites (N-methyl/N-ethyl adjacent to an activating group) is 1. The Labute approximate surface area is 101 Å². The summed E-state index contributed by atoms with van der Waals surface area (Å²) in [6, 6.07) is 1.24. The molecule has 0 heterocycles. The van der Waals surface area contributed by atoms with Crippen molar-refractivity contribution in [1.82, 2.24) is 10.2 Å². The summed E-state index contributed by atoms with van der Waals surface area (Å²) in [6.07, 6.45) is 3.97. The van der Waals surface area contributed by atoms with Gasteiger partial charge in [0.15, 0.2) is 0 Å². The third kappa shape index (κ3) is 4.04. The summed E-state index contributed by atoms with van der Waals surface area (Å²) in [5, 5.41) is 3.76. The molecule has 1 fully saturated rings. The minimum atomic E-state index is 0.581. The van der Waals surface area contributed by atoms with Crippen molar-refractivity contribution in [3.63, 3.8) is 0 Å². The van der Waals surface area contributed by atoms with Crippen LogP contribution in [0.4, 0.5) is 0 Å². The zero-order valence-electron chi connectivity index (χ0n) is 11.2. The molecule has 0 saturated heterocycles. The maximum atomic E-state index is 5.80. The fourth-order valence-corrected chi connectivity index (χ4v) is 2.83. The number of nitrogens with two attached hydrogens (primary N) is 1. The van der Waals surface area contributed by atoms with Crippen molar-refractivity contribution in [1.29, 1.82) is 0 Å². The summed E-state index contributed by atoms with van der Waals surface area (Å²) >= 11 is 0. The quantitative estimate of drug-likeness (QED) is 0.691. The van der Waals surface area contributed by atoms with Gasteiger partial charge in [0, 0.05) is 18.6 Å². The van der Waals surface area contributed by atoms with E-state index in [0.29, 0.717) is 18.0 Å². The van der Waals surface area contributed by atoms with E-state index in [1.807, 2.05) is 0 Å². The zero-order chi connectivity index (χ0) is 12.0. The molecule has 0 aromatic heterocycles. The molecule has 0 radical (unpaired) electrons. The zero-order valence-corrected chi connectivity index (χ0v) is 11.2. The fraction of sp³-hybridized carbons (Fsp3) is 1.00. The number of nitrogens with one attached hydrogen (secondary N) is 1. The van der Waals surface area contributed by atoms with E-state index in [-0.39, 0.29) is 0 Å². The normalized spacial score (nSPS) is 27.6. The van der Waals surface area contributed by atoms with Crippen molar-refractivity contribution in [3.8, 4) is 0 Å². The summed E-state index contributed by atoms with van der Waals surface area (Å²) < 4.78 is 0. The van der Waals surface area contributed by atoms with Gasteiger partial charge in [-0.05, 0) is 45.3 Å². The standard InChI is InChI=1S/C13H29N3/c1-4-16(5-2)10-11(3)15-13-8-6-7-12(13)9-14/h11-13,15H,4-10,14H2,1-3H3. The summed E-state index contributed by atoms with van der Waals surface area (Å²) in [6.45, 7) is 11.0. The highest BCUT2D eigenvalue weighted by Crippen LogP contribution is 2.24. The average molecular weight is 227 g/mol. The molecule has 3 N–H and O–H groups in total. The van der Waals surface area contributed by atoms with Gasteiger partial charge in [-0.3, -0.25) is 0 Å². The number of hydrogen-bond donors (Lipinski definition) is 2. The second kappa shape index (κ2) is 7.25. The first-order valence-corrected chi connectivity index (χ1v) is 6.89. The van der Waals surface area contributed by atoms with Gasteiger partial charge in [-0.2, -0.15) is 0 Å². The Morgan fingerprint density at radius 3 is 2.56 bits per heavy atom. The van der Waals surface area contributed by atoms with E-state index >= 15 is 0 Å². The summed E-state index contributed by atoms with van der Waals surface area (Å²) in [7, 11) is 0. The molecule has 1 saturated carbocycles. The van der Waals surface area contributed by atoms with E-state index in [2.05, 4.69) is 31.0 Å². The molecular weight excluding hydrogens is 198 g/mol. The molecule has 0 amide bonds. The molecule has 0 bridgehead atoms. The molecule has 3 unspecified atom stereocenters. The first-order valence-electron chi connectivity index (χ1n) is 6.89. The Balaban J connectivity index is 2.29. The molecule has 3 heteroatoms. The van der Waals surface area contributed by atoms with E-state index in [0.717, 1.165) is 26.2 Å². The first kappa shape index (κ1) is 13.9. The lowest BCUT2D eigenvalue weighted by Gasteiger charge is -2.28. The predicted octanol–water partition coefficient (Wildman–Crippen LogP) is 1.43. The second-order valence-electron chi connectivity index (χ2n) is 5.09. The van der Waals surface area contributed by atoms with Crippen LogP contribution in [0, 0.1) is 5.92 Å². The fourth-order valence-electron chi connectivity index (χ4n) is 2.83. The SMILES string of the molecule is CCN(CC)CC(C)NC1CCCC1CN. The minimum Gasteiger partial charge on any atom is -0.330 e. The van der Waals surface area contributed by atoms with Crippen LogP contribution in [-0.4, -0.2) is 43.2 Å². The maximum Gasteiger partial charge on any atom is 0.0169 e. The lowest BCUT2D eigenvalue weighted by atomic mass is 10.0. The molecule has 0 aromatic carbocycles. The van der Waals surface area contributed by atoms with Crippen molar-refractivity contribution >= 4 is 0 Å². The van der Waals surface area contributed by atoms with E-state index < -0.39 is 0 Å². The van der Waals surface area contributed by atoms with Crippen molar-refractivity contribution in [2.24, 2.45) is 11.7 Å². The van der Waals surface area contributed by atoms with Crippen molar-refractivity contribution < 1.29 is 0 Å². The van der Waals surface area contributed by atoms with Gasteiger partial charge in [0.1, 0.15) is 0 Å². The maximum absolute atomic E-state index is 5.80. The van der Waals surface area contributed by atoms with Crippen LogP contribution in [0.3, 0.4) is 0 Å². The van der Waals surface area contributed by atoms with Crippen LogP contribution in [-0.2, 0) is 0 Å². The molecule has 3 nitrogen and oxygen atoms in total. The molecule has 1 aliphatic rings. The third-order valence-electron chi connectivity index (χ3n) is 3.89. The molecule has 0 spiro atoms. The lowest BCUT2D eigenvalue weighted by molar-refractivity contribution is 0.251. The highest BCUT2D eigenvalue weighted by atomic mass is 15.1.